The largest absolute Gasteiger partial charge is 0.469 e. The highest BCUT2D eigenvalue weighted by atomic mass is 32.2. The van der Waals surface area contributed by atoms with Gasteiger partial charge in [-0.25, -0.2) is 5.84 Å². The summed E-state index contributed by atoms with van der Waals surface area (Å²) in [6, 6.07) is 1.56. The van der Waals surface area contributed by atoms with Crippen molar-refractivity contribution in [3.8, 4) is 0 Å². The molecule has 2 rings (SSSR count). The van der Waals surface area contributed by atoms with Crippen molar-refractivity contribution in [1.82, 2.24) is 10.6 Å². The standard InChI is InChI=1S/C12H17N3O4S/c1-18-10(16)5-12(2-3-12)7-20-6-8-4-9(15-19-8)11(17)14-13/h4H,2-3,5-7,13H2,1H3,(H,14,17). The molecular weight excluding hydrogens is 282 g/mol. The van der Waals surface area contributed by atoms with Crippen LogP contribution in [-0.4, -0.2) is 29.9 Å². The lowest BCUT2D eigenvalue weighted by molar-refractivity contribution is -0.141. The minimum atomic E-state index is -0.477. The second-order valence-corrected chi connectivity index (χ2v) is 5.88. The van der Waals surface area contributed by atoms with Crippen LogP contribution in [0.5, 0.6) is 0 Å². The molecule has 1 aliphatic carbocycles. The van der Waals surface area contributed by atoms with Crippen LogP contribution >= 0.6 is 11.8 Å². The maximum absolute atomic E-state index is 11.3. The van der Waals surface area contributed by atoms with Gasteiger partial charge < -0.3 is 9.26 Å². The van der Waals surface area contributed by atoms with E-state index in [4.69, 9.17) is 15.1 Å². The number of esters is 1. The van der Waals surface area contributed by atoms with Crippen LogP contribution in [0.2, 0.25) is 0 Å². The number of ether oxygens (including phenoxy) is 1. The third-order valence-electron chi connectivity index (χ3n) is 3.28. The van der Waals surface area contributed by atoms with Gasteiger partial charge in [-0.15, -0.1) is 0 Å². The van der Waals surface area contributed by atoms with E-state index in [0.717, 1.165) is 18.6 Å². The molecule has 7 nitrogen and oxygen atoms in total. The molecule has 20 heavy (non-hydrogen) atoms. The third-order valence-corrected chi connectivity index (χ3v) is 4.58. The number of thioether (sulfide) groups is 1. The van der Waals surface area contributed by atoms with Crippen molar-refractivity contribution < 1.29 is 18.8 Å². The Kier molecular flexibility index (Phi) is 4.66. The van der Waals surface area contributed by atoms with Crippen LogP contribution in [0.3, 0.4) is 0 Å². The van der Waals surface area contributed by atoms with Crippen molar-refractivity contribution in [3.05, 3.63) is 17.5 Å². The Labute approximate surface area is 120 Å². The number of methoxy groups -OCH3 is 1. The third kappa shape index (κ3) is 3.73. The molecule has 3 N–H and O–H groups in total. The molecule has 1 aliphatic rings. The summed E-state index contributed by atoms with van der Waals surface area (Å²) in [5.41, 5.74) is 2.24. The number of hydrogen-bond donors (Lipinski definition) is 2. The zero-order valence-corrected chi connectivity index (χ0v) is 12.0. The number of hydrogen-bond acceptors (Lipinski definition) is 7. The highest BCUT2D eigenvalue weighted by Gasteiger charge is 2.44. The number of nitrogen functional groups attached to an aromatic ring is 1. The van der Waals surface area contributed by atoms with Crippen LogP contribution in [0.15, 0.2) is 10.6 Å². The molecular formula is C12H17N3O4S. The molecule has 110 valence electrons. The Morgan fingerprint density at radius 1 is 1.60 bits per heavy atom. The molecule has 1 fully saturated rings. The minimum Gasteiger partial charge on any atom is -0.469 e. The van der Waals surface area contributed by atoms with Gasteiger partial charge in [-0.3, -0.25) is 15.0 Å². The van der Waals surface area contributed by atoms with Crippen molar-refractivity contribution in [2.75, 3.05) is 12.9 Å². The smallest absolute Gasteiger partial charge is 0.306 e. The molecule has 1 heterocycles. The van der Waals surface area contributed by atoms with Gasteiger partial charge in [-0.05, 0) is 24.0 Å². The second-order valence-electron chi connectivity index (χ2n) is 4.90. The number of carbonyl (C=O) groups excluding carboxylic acids is 2. The number of hydrazine groups is 1. The molecule has 0 unspecified atom stereocenters. The number of carbonyl (C=O) groups is 2. The second kappa shape index (κ2) is 6.27. The van der Waals surface area contributed by atoms with Crippen LogP contribution < -0.4 is 11.3 Å². The van der Waals surface area contributed by atoms with Gasteiger partial charge in [0.1, 0.15) is 5.76 Å². The summed E-state index contributed by atoms with van der Waals surface area (Å²) in [6.07, 6.45) is 2.56. The average Bonchev–Trinajstić information content (AvgIpc) is 3.03. The van der Waals surface area contributed by atoms with E-state index in [1.165, 1.54) is 7.11 Å². The zero-order valence-electron chi connectivity index (χ0n) is 11.2. The topological polar surface area (TPSA) is 107 Å². The molecule has 1 amide bonds. The first-order chi connectivity index (χ1) is 9.58. The molecule has 8 heteroatoms. The highest BCUT2D eigenvalue weighted by Crippen LogP contribution is 2.51. The molecule has 1 aromatic heterocycles. The number of rotatable bonds is 7. The van der Waals surface area contributed by atoms with Crippen LogP contribution in [0, 0.1) is 5.41 Å². The quantitative estimate of drug-likeness (QED) is 0.332. The summed E-state index contributed by atoms with van der Waals surface area (Å²) in [7, 11) is 1.41. The minimum absolute atomic E-state index is 0.0786. The summed E-state index contributed by atoms with van der Waals surface area (Å²) in [5, 5.41) is 3.62. The lowest BCUT2D eigenvalue weighted by Crippen LogP contribution is -2.30. The van der Waals surface area contributed by atoms with E-state index in [1.54, 1.807) is 17.8 Å². The van der Waals surface area contributed by atoms with Crippen molar-refractivity contribution in [2.24, 2.45) is 11.3 Å². The summed E-state index contributed by atoms with van der Waals surface area (Å²) in [4.78, 5) is 22.5. The first kappa shape index (κ1) is 14.9. The predicted octanol–water partition coefficient (Wildman–Crippen LogP) is 0.855. The molecule has 0 aliphatic heterocycles. The maximum atomic E-state index is 11.3. The van der Waals surface area contributed by atoms with E-state index in [9.17, 15) is 9.59 Å². The van der Waals surface area contributed by atoms with Crippen molar-refractivity contribution in [1.29, 1.82) is 0 Å². The Bertz CT molecular complexity index is 499. The number of aromatic nitrogens is 1. The molecule has 0 radical (unpaired) electrons. The number of nitrogens with one attached hydrogen (secondary N) is 1. The SMILES string of the molecule is COC(=O)CC1(CSCc2cc(C(=O)NN)no2)CC1. The van der Waals surface area contributed by atoms with Gasteiger partial charge in [-0.1, -0.05) is 5.16 Å². The number of nitrogens with zero attached hydrogens (tertiary/aromatic N) is 1. The number of nitrogens with two attached hydrogens (primary N) is 1. The molecule has 1 aromatic rings. The van der Waals surface area contributed by atoms with Crippen LogP contribution in [0.25, 0.3) is 0 Å². The van der Waals surface area contributed by atoms with Crippen LogP contribution in [0.4, 0.5) is 0 Å². The summed E-state index contributed by atoms with van der Waals surface area (Å²) >= 11 is 1.66. The lowest BCUT2D eigenvalue weighted by atomic mass is 10.1. The van der Waals surface area contributed by atoms with Crippen molar-refractivity contribution in [3.63, 3.8) is 0 Å². The van der Waals surface area contributed by atoms with Gasteiger partial charge >= 0.3 is 5.97 Å². The van der Waals surface area contributed by atoms with E-state index >= 15 is 0 Å². The first-order valence-corrected chi connectivity index (χ1v) is 7.35. The van der Waals surface area contributed by atoms with Gasteiger partial charge in [-0.2, -0.15) is 11.8 Å². The van der Waals surface area contributed by atoms with Crippen LogP contribution in [0.1, 0.15) is 35.5 Å². The Balaban J connectivity index is 1.77. The van der Waals surface area contributed by atoms with Gasteiger partial charge in [0.15, 0.2) is 5.69 Å². The lowest BCUT2D eigenvalue weighted by Gasteiger charge is -2.12. The van der Waals surface area contributed by atoms with E-state index in [0.29, 0.717) is 17.9 Å². The fourth-order valence-electron chi connectivity index (χ4n) is 1.86. The van der Waals surface area contributed by atoms with Gasteiger partial charge in [0.2, 0.25) is 0 Å². The molecule has 0 atom stereocenters. The highest BCUT2D eigenvalue weighted by molar-refractivity contribution is 7.98. The average molecular weight is 299 g/mol. The molecule has 0 spiro atoms. The van der Waals surface area contributed by atoms with Crippen LogP contribution in [-0.2, 0) is 15.3 Å². The summed E-state index contributed by atoms with van der Waals surface area (Å²) in [6.45, 7) is 0. The Hall–Kier alpha value is -1.54. The zero-order chi connectivity index (χ0) is 14.6. The van der Waals surface area contributed by atoms with Gasteiger partial charge in [0, 0.05) is 6.07 Å². The first-order valence-electron chi connectivity index (χ1n) is 6.20. The molecule has 1 saturated carbocycles. The van der Waals surface area contributed by atoms with E-state index in [2.05, 4.69) is 5.16 Å². The Morgan fingerprint density at radius 3 is 2.95 bits per heavy atom. The molecule has 0 saturated heterocycles. The Morgan fingerprint density at radius 2 is 2.35 bits per heavy atom. The monoisotopic (exact) mass is 299 g/mol. The number of amides is 1. The van der Waals surface area contributed by atoms with Gasteiger partial charge in [0.05, 0.1) is 19.3 Å². The van der Waals surface area contributed by atoms with E-state index < -0.39 is 5.91 Å². The fourth-order valence-corrected chi connectivity index (χ4v) is 3.12. The fraction of sp³-hybridized carbons (Fsp3) is 0.583. The maximum Gasteiger partial charge on any atom is 0.306 e. The summed E-state index contributed by atoms with van der Waals surface area (Å²) < 4.78 is 9.75. The summed E-state index contributed by atoms with van der Waals surface area (Å²) in [5.74, 6) is 6.45. The van der Waals surface area contributed by atoms with Crippen molar-refractivity contribution >= 4 is 23.6 Å². The van der Waals surface area contributed by atoms with Crippen molar-refractivity contribution in [2.45, 2.75) is 25.0 Å². The van der Waals surface area contributed by atoms with E-state index in [1.807, 2.05) is 5.43 Å². The van der Waals surface area contributed by atoms with E-state index in [-0.39, 0.29) is 17.1 Å². The normalized spacial score (nSPS) is 15.7. The van der Waals surface area contributed by atoms with Gasteiger partial charge in [0.25, 0.3) is 5.91 Å². The molecule has 0 bridgehead atoms. The molecule has 0 aromatic carbocycles. The predicted molar refractivity (Wildman–Crippen MR) is 72.6 cm³/mol.